The maximum Gasteiger partial charge on any atom is 0.198 e. The molecule has 1 aliphatic rings. The molecule has 4 heterocycles. The third kappa shape index (κ3) is 4.26. The van der Waals surface area contributed by atoms with Gasteiger partial charge in [-0.2, -0.15) is 0 Å². The van der Waals surface area contributed by atoms with Crippen molar-refractivity contribution < 1.29 is 8.83 Å². The highest BCUT2D eigenvalue weighted by atomic mass is 16.3. The van der Waals surface area contributed by atoms with Gasteiger partial charge < -0.3 is 14.2 Å². The smallest absolute Gasteiger partial charge is 0.198 e. The van der Waals surface area contributed by atoms with Gasteiger partial charge in [-0.3, -0.25) is 4.90 Å². The van der Waals surface area contributed by atoms with E-state index >= 15 is 0 Å². The zero-order valence-corrected chi connectivity index (χ0v) is 19.2. The number of likely N-dealkylation sites (tertiary alicyclic amines) is 1. The number of aromatic nitrogens is 3. The Balaban J connectivity index is 1.15. The van der Waals surface area contributed by atoms with Crippen molar-refractivity contribution in [3.05, 3.63) is 83.9 Å². The predicted octanol–water partition coefficient (Wildman–Crippen LogP) is 5.66. The lowest BCUT2D eigenvalue weighted by Crippen LogP contribution is -2.33. The molecule has 0 unspecified atom stereocenters. The van der Waals surface area contributed by atoms with Gasteiger partial charge in [-0.1, -0.05) is 24.3 Å². The van der Waals surface area contributed by atoms with E-state index in [0.717, 1.165) is 83.5 Å². The third-order valence-corrected chi connectivity index (χ3v) is 6.49. The summed E-state index contributed by atoms with van der Waals surface area (Å²) in [6.07, 6.45) is 2.03. The molecule has 172 valence electrons. The first-order valence-corrected chi connectivity index (χ1v) is 11.8. The minimum atomic E-state index is 0.357. The Morgan fingerprint density at radius 2 is 1.68 bits per heavy atom. The fraction of sp³-hybridized carbons (Fsp3) is 0.296. The number of hydrogen-bond acceptors (Lipinski definition) is 7. The fourth-order valence-electron chi connectivity index (χ4n) is 4.68. The highest BCUT2D eigenvalue weighted by molar-refractivity contribution is 5.88. The molecule has 0 bridgehead atoms. The fourth-order valence-corrected chi connectivity index (χ4v) is 4.68. The van der Waals surface area contributed by atoms with E-state index in [-0.39, 0.29) is 0 Å². The van der Waals surface area contributed by atoms with Gasteiger partial charge in [-0.05, 0) is 69.3 Å². The second kappa shape index (κ2) is 8.91. The van der Waals surface area contributed by atoms with E-state index in [9.17, 15) is 0 Å². The van der Waals surface area contributed by atoms with E-state index in [2.05, 4.69) is 16.3 Å². The van der Waals surface area contributed by atoms with Gasteiger partial charge in [-0.25, -0.2) is 15.0 Å². The number of nitrogens with one attached hydrogen (secondary N) is 1. The summed E-state index contributed by atoms with van der Waals surface area (Å²) in [7, 11) is 0. The van der Waals surface area contributed by atoms with Crippen LogP contribution in [0.4, 0.5) is 5.82 Å². The molecule has 34 heavy (non-hydrogen) atoms. The lowest BCUT2D eigenvalue weighted by Gasteiger charge is -2.30. The molecular formula is C27H27N5O2. The second-order valence-corrected chi connectivity index (χ2v) is 8.94. The summed E-state index contributed by atoms with van der Waals surface area (Å²) in [4.78, 5) is 16.9. The summed E-state index contributed by atoms with van der Waals surface area (Å²) in [5, 5.41) is 4.47. The number of para-hydroxylation sites is 3. The molecule has 0 saturated carbocycles. The van der Waals surface area contributed by atoms with Gasteiger partial charge in [0.1, 0.15) is 28.7 Å². The number of oxazole rings is 1. The van der Waals surface area contributed by atoms with Crippen LogP contribution in [-0.2, 0) is 13.1 Å². The Kier molecular flexibility index (Phi) is 5.47. The highest BCUT2D eigenvalue weighted by Gasteiger charge is 2.25. The molecule has 1 fully saturated rings. The van der Waals surface area contributed by atoms with Crippen molar-refractivity contribution in [2.24, 2.45) is 0 Å². The summed E-state index contributed by atoms with van der Waals surface area (Å²) in [6.45, 7) is 5.20. The largest absolute Gasteiger partial charge is 0.465 e. The van der Waals surface area contributed by atoms with Gasteiger partial charge in [0.15, 0.2) is 11.5 Å². The molecule has 5 aromatic rings. The predicted molar refractivity (Wildman–Crippen MR) is 132 cm³/mol. The van der Waals surface area contributed by atoms with E-state index in [1.165, 1.54) is 0 Å². The average Bonchev–Trinajstić information content (AvgIpc) is 3.49. The van der Waals surface area contributed by atoms with Gasteiger partial charge in [0, 0.05) is 11.3 Å². The molecule has 0 radical (unpaired) electrons. The molecule has 3 aromatic heterocycles. The summed E-state index contributed by atoms with van der Waals surface area (Å²) in [6, 6.07) is 20.1. The molecule has 0 spiro atoms. The van der Waals surface area contributed by atoms with Crippen molar-refractivity contribution in [1.29, 1.82) is 0 Å². The SMILES string of the molecule is Cc1ccc(CNc2nc(CN3CCC(c4nc5ccccc5o4)CC3)nc3ccccc23)o1. The molecule has 6 rings (SSSR count). The van der Waals surface area contributed by atoms with Crippen molar-refractivity contribution in [3.63, 3.8) is 0 Å². The van der Waals surface area contributed by atoms with Crippen molar-refractivity contribution >= 4 is 27.8 Å². The van der Waals surface area contributed by atoms with Crippen LogP contribution in [0.15, 0.2) is 69.5 Å². The highest BCUT2D eigenvalue weighted by Crippen LogP contribution is 2.30. The van der Waals surface area contributed by atoms with Crippen LogP contribution in [0, 0.1) is 6.92 Å². The number of piperidine rings is 1. The van der Waals surface area contributed by atoms with Crippen molar-refractivity contribution in [1.82, 2.24) is 19.9 Å². The van der Waals surface area contributed by atoms with Gasteiger partial charge in [-0.15, -0.1) is 0 Å². The Hall–Kier alpha value is -3.71. The van der Waals surface area contributed by atoms with Crippen LogP contribution in [0.3, 0.4) is 0 Å². The Bertz CT molecular complexity index is 1400. The first-order valence-electron chi connectivity index (χ1n) is 11.8. The molecule has 1 saturated heterocycles. The number of hydrogen-bond donors (Lipinski definition) is 1. The van der Waals surface area contributed by atoms with Crippen molar-refractivity contribution in [2.45, 2.75) is 38.8 Å². The van der Waals surface area contributed by atoms with Gasteiger partial charge in [0.05, 0.1) is 18.6 Å². The van der Waals surface area contributed by atoms with Crippen LogP contribution in [0.5, 0.6) is 0 Å². The molecule has 0 amide bonds. The Morgan fingerprint density at radius 3 is 2.47 bits per heavy atom. The van der Waals surface area contributed by atoms with Crippen LogP contribution in [0.1, 0.15) is 42.0 Å². The first kappa shape index (κ1) is 20.9. The summed E-state index contributed by atoms with van der Waals surface area (Å²) < 4.78 is 11.7. The maximum absolute atomic E-state index is 6.02. The average molecular weight is 454 g/mol. The molecule has 7 heteroatoms. The molecule has 0 aliphatic carbocycles. The monoisotopic (exact) mass is 453 g/mol. The lowest BCUT2D eigenvalue weighted by molar-refractivity contribution is 0.190. The lowest BCUT2D eigenvalue weighted by atomic mass is 9.97. The number of furan rings is 1. The molecule has 2 aromatic carbocycles. The number of anilines is 1. The zero-order chi connectivity index (χ0) is 22.9. The number of fused-ring (bicyclic) bond motifs is 2. The molecule has 0 atom stereocenters. The number of nitrogens with zero attached hydrogens (tertiary/aromatic N) is 4. The third-order valence-electron chi connectivity index (χ3n) is 6.49. The van der Waals surface area contributed by atoms with Gasteiger partial charge in [0.2, 0.25) is 0 Å². The van der Waals surface area contributed by atoms with Crippen LogP contribution in [0.2, 0.25) is 0 Å². The van der Waals surface area contributed by atoms with E-state index in [0.29, 0.717) is 12.5 Å². The topological polar surface area (TPSA) is 80.2 Å². The van der Waals surface area contributed by atoms with Crippen LogP contribution < -0.4 is 5.32 Å². The van der Waals surface area contributed by atoms with E-state index < -0.39 is 0 Å². The number of aryl methyl sites for hydroxylation is 1. The van der Waals surface area contributed by atoms with E-state index in [1.54, 1.807) is 0 Å². The van der Waals surface area contributed by atoms with Crippen molar-refractivity contribution in [2.75, 3.05) is 18.4 Å². The van der Waals surface area contributed by atoms with Crippen LogP contribution in [0.25, 0.3) is 22.0 Å². The number of benzene rings is 2. The summed E-state index contributed by atoms with van der Waals surface area (Å²) in [5.74, 6) is 4.69. The maximum atomic E-state index is 6.02. The minimum Gasteiger partial charge on any atom is -0.465 e. The normalized spacial score (nSPS) is 15.3. The summed E-state index contributed by atoms with van der Waals surface area (Å²) in [5.41, 5.74) is 2.76. The standard InChI is InChI=1S/C27H27N5O2/c1-18-10-11-20(33-18)16-28-26-21-6-2-3-7-22(21)29-25(31-26)17-32-14-12-19(13-15-32)27-30-23-8-4-5-9-24(23)34-27/h2-11,19H,12-17H2,1H3,(H,28,29,31). The van der Waals surface area contributed by atoms with E-state index in [1.807, 2.05) is 61.5 Å². The zero-order valence-electron chi connectivity index (χ0n) is 19.2. The van der Waals surface area contributed by atoms with Crippen LogP contribution >= 0.6 is 0 Å². The second-order valence-electron chi connectivity index (χ2n) is 8.94. The summed E-state index contributed by atoms with van der Waals surface area (Å²) >= 11 is 0. The van der Waals surface area contributed by atoms with Crippen molar-refractivity contribution in [3.8, 4) is 0 Å². The Labute approximate surface area is 197 Å². The molecule has 1 N–H and O–H groups in total. The van der Waals surface area contributed by atoms with Crippen LogP contribution in [-0.4, -0.2) is 32.9 Å². The first-order chi connectivity index (χ1) is 16.7. The Morgan fingerprint density at radius 1 is 0.882 bits per heavy atom. The minimum absolute atomic E-state index is 0.357. The molecule has 1 aliphatic heterocycles. The van der Waals surface area contributed by atoms with Gasteiger partial charge >= 0.3 is 0 Å². The van der Waals surface area contributed by atoms with Gasteiger partial charge in [0.25, 0.3) is 0 Å². The van der Waals surface area contributed by atoms with E-state index in [4.69, 9.17) is 23.8 Å². The quantitative estimate of drug-likeness (QED) is 0.355. The number of rotatable bonds is 6. The molecule has 7 nitrogen and oxygen atoms in total. The molecular weight excluding hydrogens is 426 g/mol.